The number of piperidine rings is 1. The summed E-state index contributed by atoms with van der Waals surface area (Å²) >= 11 is 0. The van der Waals surface area contributed by atoms with E-state index in [0.29, 0.717) is 5.92 Å². The third-order valence-electron chi connectivity index (χ3n) is 5.47. The van der Waals surface area contributed by atoms with Crippen LogP contribution in [0.15, 0.2) is 54.6 Å². The summed E-state index contributed by atoms with van der Waals surface area (Å²) in [7, 11) is 2.27. The van der Waals surface area contributed by atoms with Gasteiger partial charge in [-0.1, -0.05) is 54.6 Å². The van der Waals surface area contributed by atoms with Gasteiger partial charge in [0.25, 0.3) is 0 Å². The zero-order chi connectivity index (χ0) is 14.2. The van der Waals surface area contributed by atoms with E-state index >= 15 is 0 Å². The highest BCUT2D eigenvalue weighted by Gasteiger charge is 2.37. The SMILES string of the molecule is CN1CC[C@H]2C[C@@H](c3ccccc3)c3ccccc3[C@H]2C1. The molecule has 1 heteroatoms. The van der Waals surface area contributed by atoms with E-state index in [1.165, 1.54) is 31.5 Å². The quantitative estimate of drug-likeness (QED) is 0.753. The van der Waals surface area contributed by atoms with Crippen molar-refractivity contribution in [3.63, 3.8) is 0 Å². The van der Waals surface area contributed by atoms with Crippen LogP contribution in [0.1, 0.15) is 41.4 Å². The first-order valence-corrected chi connectivity index (χ1v) is 8.15. The molecule has 2 aromatic carbocycles. The number of likely N-dealkylation sites (tertiary alicyclic amines) is 1. The van der Waals surface area contributed by atoms with Gasteiger partial charge in [-0.3, -0.25) is 0 Å². The van der Waals surface area contributed by atoms with Gasteiger partial charge in [-0.25, -0.2) is 0 Å². The predicted octanol–water partition coefficient (Wildman–Crippen LogP) is 4.26. The lowest BCUT2D eigenvalue weighted by atomic mass is 9.66. The molecule has 0 aromatic heterocycles. The number of fused-ring (bicyclic) bond motifs is 3. The van der Waals surface area contributed by atoms with Gasteiger partial charge in [-0.05, 0) is 55.0 Å². The van der Waals surface area contributed by atoms with Crippen molar-refractivity contribution in [2.75, 3.05) is 20.1 Å². The molecule has 1 aliphatic heterocycles. The number of hydrogen-bond acceptors (Lipinski definition) is 1. The van der Waals surface area contributed by atoms with E-state index in [1.807, 2.05) is 0 Å². The highest BCUT2D eigenvalue weighted by Crippen LogP contribution is 2.48. The molecule has 2 aliphatic rings. The molecule has 1 nitrogen and oxygen atoms in total. The maximum Gasteiger partial charge on any atom is 0.00950 e. The third-order valence-corrected chi connectivity index (χ3v) is 5.47. The smallest absolute Gasteiger partial charge is 0.00950 e. The second-order valence-electron chi connectivity index (χ2n) is 6.75. The van der Waals surface area contributed by atoms with Crippen LogP contribution < -0.4 is 0 Å². The van der Waals surface area contributed by atoms with Crippen LogP contribution in [0.4, 0.5) is 0 Å². The first-order chi connectivity index (χ1) is 10.3. The molecule has 2 aromatic rings. The van der Waals surface area contributed by atoms with Crippen molar-refractivity contribution in [2.45, 2.75) is 24.7 Å². The molecule has 0 amide bonds. The molecular formula is C20H23N. The van der Waals surface area contributed by atoms with Gasteiger partial charge in [0, 0.05) is 12.5 Å². The Morgan fingerprint density at radius 1 is 0.905 bits per heavy atom. The van der Waals surface area contributed by atoms with Crippen molar-refractivity contribution < 1.29 is 0 Å². The molecule has 108 valence electrons. The Labute approximate surface area is 127 Å². The van der Waals surface area contributed by atoms with Gasteiger partial charge >= 0.3 is 0 Å². The Morgan fingerprint density at radius 3 is 2.43 bits per heavy atom. The molecule has 1 aliphatic carbocycles. The van der Waals surface area contributed by atoms with E-state index in [0.717, 1.165) is 11.8 Å². The molecule has 1 fully saturated rings. The topological polar surface area (TPSA) is 3.24 Å². The largest absolute Gasteiger partial charge is 0.306 e. The van der Waals surface area contributed by atoms with Gasteiger partial charge in [0.15, 0.2) is 0 Å². The van der Waals surface area contributed by atoms with Crippen molar-refractivity contribution >= 4 is 0 Å². The first kappa shape index (κ1) is 13.1. The van der Waals surface area contributed by atoms with Crippen LogP contribution in [0.2, 0.25) is 0 Å². The second-order valence-corrected chi connectivity index (χ2v) is 6.75. The van der Waals surface area contributed by atoms with Crippen LogP contribution in [-0.2, 0) is 0 Å². The van der Waals surface area contributed by atoms with E-state index in [4.69, 9.17) is 0 Å². The monoisotopic (exact) mass is 277 g/mol. The lowest BCUT2D eigenvalue weighted by Gasteiger charge is -2.44. The zero-order valence-corrected chi connectivity index (χ0v) is 12.7. The Balaban J connectivity index is 1.79. The third kappa shape index (κ3) is 2.30. The molecule has 4 rings (SSSR count). The second kappa shape index (κ2) is 5.31. The summed E-state index contributed by atoms with van der Waals surface area (Å²) in [5.41, 5.74) is 4.66. The highest BCUT2D eigenvalue weighted by molar-refractivity contribution is 5.43. The standard InChI is InChI=1S/C20H23N/c1-21-12-11-16-13-19(15-7-3-2-4-8-15)17-9-5-6-10-18(17)20(16)14-21/h2-10,16,19-20H,11-14H2,1H3/t16-,19-,20-/m0/s1. The van der Waals surface area contributed by atoms with Crippen molar-refractivity contribution in [3.05, 3.63) is 71.3 Å². The highest BCUT2D eigenvalue weighted by atomic mass is 15.1. The summed E-state index contributed by atoms with van der Waals surface area (Å²) < 4.78 is 0. The van der Waals surface area contributed by atoms with E-state index < -0.39 is 0 Å². The van der Waals surface area contributed by atoms with Crippen LogP contribution in [0.25, 0.3) is 0 Å². The predicted molar refractivity (Wildman–Crippen MR) is 87.7 cm³/mol. The fourth-order valence-electron chi connectivity index (χ4n) is 4.39. The van der Waals surface area contributed by atoms with Crippen LogP contribution >= 0.6 is 0 Å². The number of rotatable bonds is 1. The first-order valence-electron chi connectivity index (χ1n) is 8.15. The number of benzene rings is 2. The Kier molecular flexibility index (Phi) is 3.31. The fourth-order valence-corrected chi connectivity index (χ4v) is 4.39. The molecule has 3 atom stereocenters. The lowest BCUT2D eigenvalue weighted by molar-refractivity contribution is 0.169. The summed E-state index contributed by atoms with van der Waals surface area (Å²) in [6.07, 6.45) is 2.67. The average molecular weight is 277 g/mol. The van der Waals surface area contributed by atoms with E-state index in [2.05, 4.69) is 66.5 Å². The van der Waals surface area contributed by atoms with E-state index in [9.17, 15) is 0 Å². The Hall–Kier alpha value is -1.60. The van der Waals surface area contributed by atoms with E-state index in [1.54, 1.807) is 11.1 Å². The maximum absolute atomic E-state index is 2.50. The molecule has 0 unspecified atom stereocenters. The van der Waals surface area contributed by atoms with Gasteiger partial charge < -0.3 is 4.90 Å². The molecule has 0 bridgehead atoms. The van der Waals surface area contributed by atoms with Gasteiger partial charge in [-0.15, -0.1) is 0 Å². The molecule has 0 N–H and O–H groups in total. The summed E-state index contributed by atoms with van der Waals surface area (Å²) in [4.78, 5) is 2.50. The zero-order valence-electron chi connectivity index (χ0n) is 12.7. The average Bonchev–Trinajstić information content (AvgIpc) is 2.55. The van der Waals surface area contributed by atoms with Crippen LogP contribution in [-0.4, -0.2) is 25.0 Å². The lowest BCUT2D eigenvalue weighted by Crippen LogP contribution is -2.40. The van der Waals surface area contributed by atoms with Crippen LogP contribution in [0, 0.1) is 5.92 Å². The summed E-state index contributed by atoms with van der Waals surface area (Å²) in [6, 6.07) is 20.3. The van der Waals surface area contributed by atoms with Gasteiger partial charge in [0.1, 0.15) is 0 Å². The Morgan fingerprint density at radius 2 is 1.62 bits per heavy atom. The fraction of sp³-hybridized carbons (Fsp3) is 0.400. The minimum atomic E-state index is 0.590. The number of likely N-dealkylation sites (N-methyl/N-ethyl adjacent to an activating group) is 1. The molecule has 0 spiro atoms. The number of hydrogen-bond donors (Lipinski definition) is 0. The Bertz CT molecular complexity index is 619. The van der Waals surface area contributed by atoms with Crippen molar-refractivity contribution in [1.82, 2.24) is 4.90 Å². The normalized spacial score (nSPS) is 28.7. The van der Waals surface area contributed by atoms with Gasteiger partial charge in [-0.2, -0.15) is 0 Å². The van der Waals surface area contributed by atoms with Crippen LogP contribution in [0.3, 0.4) is 0 Å². The molecule has 1 saturated heterocycles. The minimum absolute atomic E-state index is 0.590. The minimum Gasteiger partial charge on any atom is -0.306 e. The summed E-state index contributed by atoms with van der Waals surface area (Å²) in [5, 5.41) is 0. The molecule has 0 radical (unpaired) electrons. The van der Waals surface area contributed by atoms with Crippen molar-refractivity contribution in [2.24, 2.45) is 5.92 Å². The van der Waals surface area contributed by atoms with Gasteiger partial charge in [0.05, 0.1) is 0 Å². The molecular weight excluding hydrogens is 254 g/mol. The maximum atomic E-state index is 2.50. The van der Waals surface area contributed by atoms with Crippen molar-refractivity contribution in [3.8, 4) is 0 Å². The van der Waals surface area contributed by atoms with E-state index in [-0.39, 0.29) is 0 Å². The molecule has 21 heavy (non-hydrogen) atoms. The summed E-state index contributed by atoms with van der Waals surface area (Å²) in [5.74, 6) is 2.17. The van der Waals surface area contributed by atoms with Crippen LogP contribution in [0.5, 0.6) is 0 Å². The van der Waals surface area contributed by atoms with Crippen molar-refractivity contribution in [1.29, 1.82) is 0 Å². The van der Waals surface area contributed by atoms with Gasteiger partial charge in [0.2, 0.25) is 0 Å². The molecule has 1 heterocycles. The summed E-state index contributed by atoms with van der Waals surface area (Å²) in [6.45, 7) is 2.48. The molecule has 0 saturated carbocycles. The number of nitrogens with zero attached hydrogens (tertiary/aromatic N) is 1.